The first-order chi connectivity index (χ1) is 10.1. The molecule has 0 aromatic heterocycles. The lowest BCUT2D eigenvalue weighted by Gasteiger charge is -2.04. The predicted octanol–water partition coefficient (Wildman–Crippen LogP) is 3.62. The highest BCUT2D eigenvalue weighted by Gasteiger charge is 2.11. The number of nitrogens with zero attached hydrogens (tertiary/aromatic N) is 2. The van der Waals surface area contributed by atoms with Gasteiger partial charge in [-0.15, -0.1) is 0 Å². The lowest BCUT2D eigenvalue weighted by molar-refractivity contribution is -0.384. The van der Waals surface area contributed by atoms with Crippen LogP contribution < -0.4 is 10.2 Å². The highest BCUT2D eigenvalue weighted by atomic mass is 35.5. The van der Waals surface area contributed by atoms with Crippen LogP contribution in [-0.4, -0.2) is 17.2 Å². The molecule has 0 amide bonds. The van der Waals surface area contributed by atoms with Gasteiger partial charge in [-0.2, -0.15) is 5.10 Å². The zero-order chi connectivity index (χ0) is 15.2. The van der Waals surface area contributed by atoms with Crippen molar-refractivity contribution in [3.8, 4) is 5.75 Å². The van der Waals surface area contributed by atoms with Crippen LogP contribution in [0.4, 0.5) is 11.4 Å². The largest absolute Gasteiger partial charge is 0.497 e. The Kier molecular flexibility index (Phi) is 4.73. The number of hydrazone groups is 1. The van der Waals surface area contributed by atoms with Gasteiger partial charge in [0.05, 0.1) is 12.0 Å². The monoisotopic (exact) mass is 305 g/mol. The van der Waals surface area contributed by atoms with E-state index in [1.54, 1.807) is 49.6 Å². The maximum atomic E-state index is 10.9. The van der Waals surface area contributed by atoms with Gasteiger partial charge in [-0.1, -0.05) is 23.7 Å². The van der Waals surface area contributed by atoms with Crippen molar-refractivity contribution in [2.75, 3.05) is 12.5 Å². The molecule has 0 spiro atoms. The molecule has 0 radical (unpaired) electrons. The Bertz CT molecular complexity index is 671. The van der Waals surface area contributed by atoms with Crippen molar-refractivity contribution in [3.05, 3.63) is 64.2 Å². The molecule has 0 bridgehead atoms. The van der Waals surface area contributed by atoms with E-state index < -0.39 is 4.92 Å². The third-order valence-corrected chi connectivity index (χ3v) is 3.01. The summed E-state index contributed by atoms with van der Waals surface area (Å²) in [5, 5.41) is 15.0. The Labute approximate surface area is 126 Å². The molecule has 0 heterocycles. The molecule has 0 unspecified atom stereocenters. The number of methoxy groups -OCH3 is 1. The molecule has 1 N–H and O–H groups in total. The van der Waals surface area contributed by atoms with Crippen molar-refractivity contribution >= 4 is 28.1 Å². The fourth-order valence-corrected chi connectivity index (χ4v) is 1.80. The average Bonchev–Trinajstić information content (AvgIpc) is 2.52. The second-order valence-corrected chi connectivity index (χ2v) is 4.38. The van der Waals surface area contributed by atoms with Crippen molar-refractivity contribution < 1.29 is 9.66 Å². The second kappa shape index (κ2) is 6.71. The van der Waals surface area contributed by atoms with Crippen LogP contribution in [0.25, 0.3) is 0 Å². The van der Waals surface area contributed by atoms with Crippen LogP contribution in [0.5, 0.6) is 5.75 Å². The Morgan fingerprint density at radius 2 is 1.90 bits per heavy atom. The number of hydrogen-bond acceptors (Lipinski definition) is 5. The van der Waals surface area contributed by atoms with Crippen LogP contribution in [0, 0.1) is 10.1 Å². The number of hydrogen-bond donors (Lipinski definition) is 1. The number of rotatable bonds is 5. The van der Waals surface area contributed by atoms with Gasteiger partial charge in [-0.25, -0.2) is 0 Å². The molecule has 2 aromatic carbocycles. The number of halogens is 1. The SMILES string of the molecule is COc1ccc(/C(Cl)=N\Nc2ccccc2[N+](=O)[O-])cc1. The van der Waals surface area contributed by atoms with Gasteiger partial charge in [0.1, 0.15) is 11.4 Å². The van der Waals surface area contributed by atoms with Crippen LogP contribution in [0.15, 0.2) is 53.6 Å². The van der Waals surface area contributed by atoms with Crippen molar-refractivity contribution in [2.24, 2.45) is 5.10 Å². The summed E-state index contributed by atoms with van der Waals surface area (Å²) < 4.78 is 5.05. The van der Waals surface area contributed by atoms with Crippen LogP contribution in [0.1, 0.15) is 5.56 Å². The maximum absolute atomic E-state index is 10.9. The molecule has 6 nitrogen and oxygen atoms in total. The Balaban J connectivity index is 2.18. The van der Waals surface area contributed by atoms with Gasteiger partial charge >= 0.3 is 0 Å². The average molecular weight is 306 g/mol. The molecule has 0 saturated heterocycles. The Morgan fingerprint density at radius 3 is 2.52 bits per heavy atom. The highest BCUT2D eigenvalue weighted by molar-refractivity contribution is 6.69. The molecule has 0 fully saturated rings. The Hall–Kier alpha value is -2.60. The van der Waals surface area contributed by atoms with E-state index in [0.29, 0.717) is 11.3 Å². The van der Waals surface area contributed by atoms with Gasteiger partial charge in [-0.05, 0) is 30.3 Å². The first-order valence-corrected chi connectivity index (χ1v) is 6.36. The minimum Gasteiger partial charge on any atom is -0.497 e. The van der Waals surface area contributed by atoms with Gasteiger partial charge in [0.15, 0.2) is 5.17 Å². The third kappa shape index (κ3) is 3.70. The number of nitro benzene ring substituents is 1. The van der Waals surface area contributed by atoms with Crippen molar-refractivity contribution in [1.29, 1.82) is 0 Å². The van der Waals surface area contributed by atoms with Gasteiger partial charge in [0.25, 0.3) is 5.69 Å². The minimum absolute atomic E-state index is 0.0690. The summed E-state index contributed by atoms with van der Waals surface area (Å²) in [6.07, 6.45) is 0. The molecule has 108 valence electrons. The molecule has 0 atom stereocenters. The van der Waals surface area contributed by atoms with Gasteiger partial charge in [0.2, 0.25) is 0 Å². The molecular formula is C14H12ClN3O3. The van der Waals surface area contributed by atoms with Gasteiger partial charge < -0.3 is 4.74 Å². The summed E-state index contributed by atoms with van der Waals surface area (Å²) in [6, 6.07) is 13.2. The first kappa shape index (κ1) is 14.8. The van der Waals surface area contributed by atoms with Crippen LogP contribution >= 0.6 is 11.6 Å². The van der Waals surface area contributed by atoms with Crippen molar-refractivity contribution in [3.63, 3.8) is 0 Å². The highest BCUT2D eigenvalue weighted by Crippen LogP contribution is 2.23. The van der Waals surface area contributed by atoms with Crippen LogP contribution in [0.2, 0.25) is 0 Å². The maximum Gasteiger partial charge on any atom is 0.294 e. The molecule has 21 heavy (non-hydrogen) atoms. The zero-order valence-corrected chi connectivity index (χ0v) is 11.9. The van der Waals surface area contributed by atoms with Crippen molar-refractivity contribution in [1.82, 2.24) is 0 Å². The molecule has 0 aliphatic heterocycles. The zero-order valence-electron chi connectivity index (χ0n) is 11.1. The minimum atomic E-state index is -0.487. The number of anilines is 1. The summed E-state index contributed by atoms with van der Waals surface area (Å²) in [5.74, 6) is 0.704. The molecule has 2 aromatic rings. The molecular weight excluding hydrogens is 294 g/mol. The summed E-state index contributed by atoms with van der Waals surface area (Å²) in [6.45, 7) is 0. The molecule has 2 rings (SSSR count). The van der Waals surface area contributed by atoms with Gasteiger partial charge in [0, 0.05) is 11.6 Å². The summed E-state index contributed by atoms with van der Waals surface area (Å²) in [5.41, 5.74) is 3.48. The first-order valence-electron chi connectivity index (χ1n) is 5.99. The molecule has 0 aliphatic carbocycles. The number of nitro groups is 1. The van der Waals surface area contributed by atoms with E-state index in [1.807, 2.05) is 0 Å². The number of para-hydroxylation sites is 2. The summed E-state index contributed by atoms with van der Waals surface area (Å²) in [7, 11) is 1.57. The fourth-order valence-electron chi connectivity index (χ4n) is 1.63. The van der Waals surface area contributed by atoms with E-state index in [0.717, 1.165) is 0 Å². The lowest BCUT2D eigenvalue weighted by atomic mass is 10.2. The molecule has 7 heteroatoms. The van der Waals surface area contributed by atoms with Crippen molar-refractivity contribution in [2.45, 2.75) is 0 Å². The fraction of sp³-hybridized carbons (Fsp3) is 0.0714. The molecule has 0 saturated carbocycles. The number of nitrogens with one attached hydrogen (secondary N) is 1. The second-order valence-electron chi connectivity index (χ2n) is 4.02. The third-order valence-electron chi connectivity index (χ3n) is 2.70. The van der Waals surface area contributed by atoms with E-state index in [-0.39, 0.29) is 16.5 Å². The van der Waals surface area contributed by atoms with E-state index in [4.69, 9.17) is 16.3 Å². The summed E-state index contributed by atoms with van der Waals surface area (Å²) >= 11 is 6.06. The number of benzene rings is 2. The van der Waals surface area contributed by atoms with Gasteiger partial charge in [-0.3, -0.25) is 15.5 Å². The Morgan fingerprint density at radius 1 is 1.24 bits per heavy atom. The quantitative estimate of drug-likeness (QED) is 0.520. The van der Waals surface area contributed by atoms with Crippen LogP contribution in [0.3, 0.4) is 0 Å². The topological polar surface area (TPSA) is 76.8 Å². The van der Waals surface area contributed by atoms with E-state index >= 15 is 0 Å². The normalized spacial score (nSPS) is 11.0. The molecule has 0 aliphatic rings. The predicted molar refractivity (Wildman–Crippen MR) is 82.1 cm³/mol. The lowest BCUT2D eigenvalue weighted by Crippen LogP contribution is -2.00. The van der Waals surface area contributed by atoms with Crippen LogP contribution in [-0.2, 0) is 0 Å². The van der Waals surface area contributed by atoms with E-state index in [9.17, 15) is 10.1 Å². The van der Waals surface area contributed by atoms with E-state index in [1.165, 1.54) is 6.07 Å². The number of ether oxygens (including phenoxy) is 1. The van der Waals surface area contributed by atoms with E-state index in [2.05, 4.69) is 10.5 Å². The standard InChI is InChI=1S/C14H12ClN3O3/c1-21-11-8-6-10(7-9-11)14(15)17-16-12-4-2-3-5-13(12)18(19)20/h2-9,16H,1H3/b17-14+. The smallest absolute Gasteiger partial charge is 0.294 e. The summed E-state index contributed by atoms with van der Waals surface area (Å²) in [4.78, 5) is 10.4.